The number of hydrogen-bond donors (Lipinski definition) is 0. The molecule has 14 heteroatoms. The maximum atomic E-state index is 13.7. The van der Waals surface area contributed by atoms with Crippen molar-refractivity contribution in [3.63, 3.8) is 0 Å². The van der Waals surface area contributed by atoms with E-state index in [9.17, 15) is 57.1 Å². The molecular formula is C15H19F13O. The van der Waals surface area contributed by atoms with Crippen molar-refractivity contribution < 1.29 is 61.8 Å². The van der Waals surface area contributed by atoms with E-state index in [-0.39, 0.29) is 12.8 Å². The number of unbranched alkanes of at least 4 members (excludes halogenated alkanes) is 5. The molecule has 29 heavy (non-hydrogen) atoms. The molecular weight excluding hydrogens is 443 g/mol. The number of hydrogen-bond acceptors (Lipinski definition) is 1. The van der Waals surface area contributed by atoms with Gasteiger partial charge in [0.15, 0.2) is 0 Å². The standard InChI is InChI=1S/C15H19F13O/c1-2-3-4-5-6-7-8-29-9-10(13(20,21)22,14(23,24)25)11(16,17)12(18,19)15(26,27)28/h2-9H2,1H3. The molecule has 0 aliphatic rings. The lowest BCUT2D eigenvalue weighted by atomic mass is 9.76. The van der Waals surface area contributed by atoms with Crippen LogP contribution >= 0.6 is 0 Å². The van der Waals surface area contributed by atoms with Gasteiger partial charge >= 0.3 is 30.4 Å². The van der Waals surface area contributed by atoms with E-state index in [0.717, 1.165) is 12.8 Å². The molecule has 0 saturated heterocycles. The monoisotopic (exact) mass is 462 g/mol. The lowest BCUT2D eigenvalue weighted by Crippen LogP contribution is -2.71. The quantitative estimate of drug-likeness (QED) is 0.231. The van der Waals surface area contributed by atoms with Crippen LogP contribution in [0.5, 0.6) is 0 Å². The lowest BCUT2D eigenvalue weighted by Gasteiger charge is -2.44. The summed E-state index contributed by atoms with van der Waals surface area (Å²) in [5.41, 5.74) is -6.77. The minimum Gasteiger partial charge on any atom is -0.380 e. The Bertz CT molecular complexity index is 476. The summed E-state index contributed by atoms with van der Waals surface area (Å²) >= 11 is 0. The van der Waals surface area contributed by atoms with Crippen LogP contribution < -0.4 is 0 Å². The molecule has 0 saturated carbocycles. The van der Waals surface area contributed by atoms with Crippen LogP contribution in [0.15, 0.2) is 0 Å². The third-order valence-electron chi connectivity index (χ3n) is 4.21. The van der Waals surface area contributed by atoms with Crippen molar-refractivity contribution in [2.24, 2.45) is 5.41 Å². The van der Waals surface area contributed by atoms with Gasteiger partial charge in [0.05, 0.1) is 6.61 Å². The van der Waals surface area contributed by atoms with Crippen LogP contribution in [-0.2, 0) is 4.74 Å². The fourth-order valence-corrected chi connectivity index (χ4v) is 2.43. The minimum atomic E-state index is -7.63. The Hall–Kier alpha value is -0.950. The highest BCUT2D eigenvalue weighted by Crippen LogP contribution is 2.65. The molecule has 0 fully saturated rings. The van der Waals surface area contributed by atoms with E-state index in [1.165, 1.54) is 0 Å². The van der Waals surface area contributed by atoms with Gasteiger partial charge in [0.25, 0.3) is 5.41 Å². The number of halogens is 13. The van der Waals surface area contributed by atoms with Crippen LogP contribution in [0.2, 0.25) is 0 Å². The van der Waals surface area contributed by atoms with E-state index in [1.54, 1.807) is 0 Å². The Morgan fingerprint density at radius 1 is 0.517 bits per heavy atom. The molecule has 0 N–H and O–H groups in total. The van der Waals surface area contributed by atoms with Crippen LogP contribution in [0.1, 0.15) is 45.4 Å². The second-order valence-corrected chi connectivity index (χ2v) is 6.37. The van der Waals surface area contributed by atoms with Crippen molar-refractivity contribution >= 4 is 0 Å². The molecule has 0 aromatic carbocycles. The van der Waals surface area contributed by atoms with E-state index in [0.29, 0.717) is 12.8 Å². The third-order valence-corrected chi connectivity index (χ3v) is 4.21. The fourth-order valence-electron chi connectivity index (χ4n) is 2.43. The van der Waals surface area contributed by atoms with Gasteiger partial charge in [0.2, 0.25) is 0 Å². The zero-order valence-electron chi connectivity index (χ0n) is 15.0. The topological polar surface area (TPSA) is 9.23 Å². The maximum Gasteiger partial charge on any atom is 0.459 e. The van der Waals surface area contributed by atoms with Crippen molar-refractivity contribution in [2.45, 2.75) is 75.8 Å². The summed E-state index contributed by atoms with van der Waals surface area (Å²) in [6, 6.07) is 0. The summed E-state index contributed by atoms with van der Waals surface area (Å²) in [6.45, 7) is -2.25. The van der Waals surface area contributed by atoms with Crippen LogP contribution in [-0.4, -0.2) is 43.6 Å². The first-order valence-electron chi connectivity index (χ1n) is 8.34. The van der Waals surface area contributed by atoms with Crippen molar-refractivity contribution in [3.8, 4) is 0 Å². The first-order chi connectivity index (χ1) is 12.8. The summed E-state index contributed by atoms with van der Waals surface area (Å²) in [7, 11) is 0. The van der Waals surface area contributed by atoms with Gasteiger partial charge in [-0.2, -0.15) is 57.1 Å². The molecule has 0 rings (SSSR count). The van der Waals surface area contributed by atoms with E-state index in [2.05, 4.69) is 4.74 Å². The molecule has 0 bridgehead atoms. The van der Waals surface area contributed by atoms with Crippen molar-refractivity contribution in [3.05, 3.63) is 0 Å². The summed E-state index contributed by atoms with van der Waals surface area (Å²) in [5.74, 6) is -15.3. The van der Waals surface area contributed by atoms with Crippen molar-refractivity contribution in [1.29, 1.82) is 0 Å². The van der Waals surface area contributed by atoms with Crippen molar-refractivity contribution in [1.82, 2.24) is 0 Å². The summed E-state index contributed by atoms with van der Waals surface area (Å²) in [5, 5.41) is 0. The second-order valence-electron chi connectivity index (χ2n) is 6.37. The van der Waals surface area contributed by atoms with E-state index < -0.39 is 49.0 Å². The van der Waals surface area contributed by atoms with Crippen LogP contribution in [0.3, 0.4) is 0 Å². The molecule has 0 aliphatic heterocycles. The molecule has 0 aromatic heterocycles. The first-order valence-corrected chi connectivity index (χ1v) is 8.34. The SMILES string of the molecule is CCCCCCCCOCC(C(F)(F)F)(C(F)(F)F)C(F)(F)C(F)(F)C(F)(F)F. The third kappa shape index (κ3) is 5.60. The van der Waals surface area contributed by atoms with Gasteiger partial charge < -0.3 is 4.74 Å². The Labute approximate surface area is 157 Å². The molecule has 0 amide bonds. The van der Waals surface area contributed by atoms with Gasteiger partial charge in [-0.15, -0.1) is 0 Å². The van der Waals surface area contributed by atoms with Gasteiger partial charge in [-0.1, -0.05) is 39.0 Å². The lowest BCUT2D eigenvalue weighted by molar-refractivity contribution is -0.465. The summed E-state index contributed by atoms with van der Waals surface area (Å²) in [6.07, 6.45) is -19.1. The highest BCUT2D eigenvalue weighted by molar-refractivity contribution is 5.11. The largest absolute Gasteiger partial charge is 0.459 e. The highest BCUT2D eigenvalue weighted by atomic mass is 19.4. The number of rotatable bonds is 11. The zero-order chi connectivity index (χ0) is 23.4. The zero-order valence-corrected chi connectivity index (χ0v) is 15.0. The Morgan fingerprint density at radius 2 is 0.931 bits per heavy atom. The smallest absolute Gasteiger partial charge is 0.380 e. The van der Waals surface area contributed by atoms with Crippen LogP contribution in [0, 0.1) is 5.41 Å². The Kier molecular flexibility index (Phi) is 9.15. The van der Waals surface area contributed by atoms with Gasteiger partial charge in [-0.3, -0.25) is 0 Å². The maximum absolute atomic E-state index is 13.7. The molecule has 0 aromatic rings. The molecule has 0 spiro atoms. The normalized spacial score (nSPS) is 15.1. The summed E-state index contributed by atoms with van der Waals surface area (Å²) in [4.78, 5) is 0. The van der Waals surface area contributed by atoms with Gasteiger partial charge in [0, 0.05) is 6.61 Å². The predicted molar refractivity (Wildman–Crippen MR) is 74.7 cm³/mol. The fraction of sp³-hybridized carbons (Fsp3) is 1.00. The van der Waals surface area contributed by atoms with Crippen LogP contribution in [0.4, 0.5) is 57.1 Å². The van der Waals surface area contributed by atoms with E-state index >= 15 is 0 Å². The Balaban J connectivity index is 5.78. The molecule has 0 radical (unpaired) electrons. The molecule has 0 heterocycles. The van der Waals surface area contributed by atoms with Gasteiger partial charge in [-0.25, -0.2) is 0 Å². The van der Waals surface area contributed by atoms with Crippen LogP contribution in [0.25, 0.3) is 0 Å². The molecule has 0 atom stereocenters. The minimum absolute atomic E-state index is 0.198. The highest BCUT2D eigenvalue weighted by Gasteiger charge is 2.92. The average Bonchev–Trinajstić information content (AvgIpc) is 2.49. The van der Waals surface area contributed by atoms with Crippen molar-refractivity contribution in [2.75, 3.05) is 13.2 Å². The molecule has 176 valence electrons. The molecule has 1 nitrogen and oxygen atoms in total. The average molecular weight is 462 g/mol. The summed E-state index contributed by atoms with van der Waals surface area (Å²) < 4.78 is 172. The van der Waals surface area contributed by atoms with Gasteiger partial charge in [0.1, 0.15) is 0 Å². The Morgan fingerprint density at radius 3 is 1.31 bits per heavy atom. The first kappa shape index (κ1) is 28.1. The molecule has 0 unspecified atom stereocenters. The van der Waals surface area contributed by atoms with Gasteiger partial charge in [-0.05, 0) is 6.42 Å². The molecule has 0 aliphatic carbocycles. The predicted octanol–water partition coefficient (Wildman–Crippen LogP) is 7.31. The number of alkyl halides is 13. The van der Waals surface area contributed by atoms with E-state index in [1.807, 2.05) is 6.92 Å². The second kappa shape index (κ2) is 9.46. The number of ether oxygens (including phenoxy) is 1. The van der Waals surface area contributed by atoms with E-state index in [4.69, 9.17) is 0 Å².